The van der Waals surface area contributed by atoms with Crippen molar-refractivity contribution in [3.8, 4) is 0 Å². The molecule has 4 nitrogen and oxygen atoms in total. The maximum Gasteiger partial charge on any atom is 0.243 e. The van der Waals surface area contributed by atoms with Crippen molar-refractivity contribution in [2.45, 2.75) is 37.1 Å². The van der Waals surface area contributed by atoms with Gasteiger partial charge in [0.15, 0.2) is 0 Å². The van der Waals surface area contributed by atoms with Gasteiger partial charge in [0.05, 0.1) is 10.9 Å². The highest BCUT2D eigenvalue weighted by molar-refractivity contribution is 7.89. The molecule has 1 aromatic carbocycles. The molecule has 1 saturated heterocycles. The minimum Gasteiger partial charge on any atom is -0.353 e. The molecule has 0 radical (unpaired) electrons. The zero-order chi connectivity index (χ0) is 16.4. The topological polar surface area (TPSA) is 53.2 Å². The minimum atomic E-state index is -3.52. The van der Waals surface area contributed by atoms with E-state index in [0.29, 0.717) is 16.1 Å². The van der Waals surface area contributed by atoms with Crippen molar-refractivity contribution in [1.82, 2.24) is 9.29 Å². The van der Waals surface area contributed by atoms with Gasteiger partial charge in [-0.05, 0) is 38.0 Å². The number of sulfonamides is 1. The second-order valence-corrected chi connectivity index (χ2v) is 8.19. The summed E-state index contributed by atoms with van der Waals surface area (Å²) in [6, 6.07) is 10.6. The minimum absolute atomic E-state index is 0.194. The number of aromatic amines is 1. The maximum atomic E-state index is 13.1. The molecule has 1 fully saturated rings. The zero-order valence-electron chi connectivity index (χ0n) is 13.0. The van der Waals surface area contributed by atoms with Crippen LogP contribution < -0.4 is 0 Å². The van der Waals surface area contributed by atoms with Crippen molar-refractivity contribution >= 4 is 22.2 Å². The molecular weight excluding hydrogens is 328 g/mol. The third kappa shape index (κ3) is 3.24. The van der Waals surface area contributed by atoms with Gasteiger partial charge in [0.2, 0.25) is 10.0 Å². The molecule has 122 valence electrons. The lowest BCUT2D eigenvalue weighted by Crippen LogP contribution is -2.38. The van der Waals surface area contributed by atoms with Gasteiger partial charge in [0, 0.05) is 18.3 Å². The van der Waals surface area contributed by atoms with Crippen LogP contribution in [0.4, 0.5) is 0 Å². The summed E-state index contributed by atoms with van der Waals surface area (Å²) >= 11 is 5.37. The monoisotopic (exact) mass is 348 g/mol. The molecule has 0 unspecified atom stereocenters. The average Bonchev–Trinajstić information content (AvgIpc) is 2.56. The Labute approximate surface area is 142 Å². The molecule has 3 rings (SSSR count). The second-order valence-electron chi connectivity index (χ2n) is 5.89. The first-order valence-corrected chi connectivity index (χ1v) is 9.61. The quantitative estimate of drug-likeness (QED) is 0.854. The summed E-state index contributed by atoms with van der Waals surface area (Å²) in [5.41, 5.74) is 1.93. The fourth-order valence-corrected chi connectivity index (χ4v) is 4.99. The van der Waals surface area contributed by atoms with Crippen LogP contribution in [0, 0.1) is 11.6 Å². The first-order chi connectivity index (χ1) is 11.0. The van der Waals surface area contributed by atoms with Crippen LogP contribution in [0.2, 0.25) is 0 Å². The third-order valence-corrected chi connectivity index (χ3v) is 6.56. The Kier molecular flexibility index (Phi) is 4.66. The van der Waals surface area contributed by atoms with Crippen LogP contribution in [0.25, 0.3) is 0 Å². The number of pyridine rings is 1. The van der Waals surface area contributed by atoms with Gasteiger partial charge >= 0.3 is 0 Å². The molecule has 1 aromatic heterocycles. The van der Waals surface area contributed by atoms with E-state index >= 15 is 0 Å². The van der Waals surface area contributed by atoms with E-state index in [4.69, 9.17) is 12.2 Å². The van der Waals surface area contributed by atoms with Crippen LogP contribution in [0.3, 0.4) is 0 Å². The van der Waals surface area contributed by atoms with E-state index in [1.165, 1.54) is 0 Å². The highest BCUT2D eigenvalue weighted by Gasteiger charge is 2.34. The van der Waals surface area contributed by atoms with Crippen molar-refractivity contribution < 1.29 is 8.42 Å². The number of aryl methyl sites for hydroxylation is 1. The van der Waals surface area contributed by atoms with E-state index in [1.807, 2.05) is 31.2 Å². The number of nitrogens with zero attached hydrogens (tertiary/aromatic N) is 1. The lowest BCUT2D eigenvalue weighted by atomic mass is 9.99. The Balaban J connectivity index is 2.03. The summed E-state index contributed by atoms with van der Waals surface area (Å²) in [4.78, 5) is 3.36. The maximum absolute atomic E-state index is 13.1. The molecule has 0 saturated carbocycles. The number of rotatable bonds is 3. The van der Waals surface area contributed by atoms with Crippen LogP contribution in [-0.2, 0) is 10.0 Å². The lowest BCUT2D eigenvalue weighted by molar-refractivity contribution is 0.255. The van der Waals surface area contributed by atoms with E-state index in [9.17, 15) is 8.42 Å². The fraction of sp³-hybridized carbons (Fsp3) is 0.353. The van der Waals surface area contributed by atoms with Crippen LogP contribution in [0.1, 0.15) is 36.4 Å². The van der Waals surface area contributed by atoms with E-state index < -0.39 is 10.0 Å². The number of benzene rings is 1. The summed E-state index contributed by atoms with van der Waals surface area (Å²) in [6.45, 7) is 2.48. The predicted octanol–water partition coefficient (Wildman–Crippen LogP) is 3.97. The summed E-state index contributed by atoms with van der Waals surface area (Å²) in [6.07, 6.45) is 4.46. The van der Waals surface area contributed by atoms with E-state index in [1.54, 1.807) is 22.6 Å². The number of nitrogens with one attached hydrogen (secondary N) is 1. The van der Waals surface area contributed by atoms with E-state index in [2.05, 4.69) is 4.98 Å². The number of hydrogen-bond donors (Lipinski definition) is 1. The number of piperidine rings is 1. The standard InChI is InChI=1S/C17H20N2O2S2/c1-13-7-9-14(10-8-13)23(20,21)19-12-3-2-6-16(19)15-5-4-11-18-17(15)22/h4-5,7-11,16H,2-3,6,12H2,1H3,(H,18,22)/t16-/m1/s1. The Hall–Kier alpha value is -1.50. The Morgan fingerprint density at radius 3 is 2.61 bits per heavy atom. The largest absolute Gasteiger partial charge is 0.353 e. The smallest absolute Gasteiger partial charge is 0.243 e. The summed E-state index contributed by atoms with van der Waals surface area (Å²) in [7, 11) is -3.52. The number of hydrogen-bond acceptors (Lipinski definition) is 3. The van der Waals surface area contributed by atoms with Gasteiger partial charge in [-0.1, -0.05) is 42.4 Å². The Bertz CT molecular complexity index is 841. The SMILES string of the molecule is Cc1ccc(S(=O)(=O)N2CCCC[C@@H]2c2ccc[nH]c2=S)cc1. The van der Waals surface area contributed by atoms with Gasteiger partial charge in [0.25, 0.3) is 0 Å². The van der Waals surface area contributed by atoms with Gasteiger partial charge in [-0.3, -0.25) is 0 Å². The van der Waals surface area contributed by atoms with Crippen molar-refractivity contribution in [2.75, 3.05) is 6.54 Å². The van der Waals surface area contributed by atoms with Gasteiger partial charge < -0.3 is 4.98 Å². The first-order valence-electron chi connectivity index (χ1n) is 7.76. The molecule has 0 aliphatic carbocycles. The van der Waals surface area contributed by atoms with Gasteiger partial charge in [-0.25, -0.2) is 8.42 Å². The van der Waals surface area contributed by atoms with Crippen LogP contribution in [0.5, 0.6) is 0 Å². The van der Waals surface area contributed by atoms with Crippen LogP contribution in [-0.4, -0.2) is 24.3 Å². The van der Waals surface area contributed by atoms with Gasteiger partial charge in [-0.2, -0.15) is 4.31 Å². The lowest BCUT2D eigenvalue weighted by Gasteiger charge is -2.34. The summed E-state index contributed by atoms with van der Waals surface area (Å²) < 4.78 is 28.4. The molecule has 2 heterocycles. The molecular formula is C17H20N2O2S2. The number of H-pyrrole nitrogens is 1. The van der Waals surface area contributed by atoms with Crippen LogP contribution >= 0.6 is 12.2 Å². The molecule has 2 aromatic rings. The van der Waals surface area contributed by atoms with E-state index in [-0.39, 0.29) is 6.04 Å². The molecule has 0 bridgehead atoms. The highest BCUT2D eigenvalue weighted by atomic mass is 32.2. The normalized spacial score (nSPS) is 19.6. The highest BCUT2D eigenvalue weighted by Crippen LogP contribution is 2.35. The molecule has 1 N–H and O–H groups in total. The van der Waals surface area contributed by atoms with Crippen molar-refractivity contribution in [3.05, 3.63) is 58.4 Å². The van der Waals surface area contributed by atoms with Crippen molar-refractivity contribution in [3.63, 3.8) is 0 Å². The molecule has 1 aliphatic rings. The van der Waals surface area contributed by atoms with E-state index in [0.717, 1.165) is 30.4 Å². The van der Waals surface area contributed by atoms with Gasteiger partial charge in [0.1, 0.15) is 4.64 Å². The third-order valence-electron chi connectivity index (χ3n) is 4.29. The molecule has 1 aliphatic heterocycles. The number of aromatic nitrogens is 1. The zero-order valence-corrected chi connectivity index (χ0v) is 14.7. The van der Waals surface area contributed by atoms with Crippen molar-refractivity contribution in [1.29, 1.82) is 0 Å². The molecule has 1 atom stereocenters. The summed E-state index contributed by atoms with van der Waals surface area (Å²) in [5.74, 6) is 0. The van der Waals surface area contributed by atoms with Gasteiger partial charge in [-0.15, -0.1) is 0 Å². The Morgan fingerprint density at radius 2 is 1.91 bits per heavy atom. The first kappa shape index (κ1) is 16.4. The molecule has 0 spiro atoms. The second kappa shape index (κ2) is 6.55. The fourth-order valence-electron chi connectivity index (χ4n) is 3.05. The molecule has 0 amide bonds. The van der Waals surface area contributed by atoms with Crippen LogP contribution in [0.15, 0.2) is 47.5 Å². The summed E-state index contributed by atoms with van der Waals surface area (Å²) in [5, 5.41) is 0. The molecule has 6 heteroatoms. The predicted molar refractivity (Wildman–Crippen MR) is 93.3 cm³/mol. The molecule has 23 heavy (non-hydrogen) atoms. The average molecular weight is 348 g/mol. The Morgan fingerprint density at radius 1 is 1.17 bits per heavy atom. The van der Waals surface area contributed by atoms with Crippen molar-refractivity contribution in [2.24, 2.45) is 0 Å².